The van der Waals surface area contributed by atoms with Gasteiger partial charge in [0.05, 0.1) is 24.7 Å². The lowest BCUT2D eigenvalue weighted by atomic mass is 9.85. The Kier molecular flexibility index (Phi) is 7.08. The molecular formula is C23H33N7O4S2. The van der Waals surface area contributed by atoms with Crippen molar-refractivity contribution in [3.8, 4) is 5.75 Å². The molecule has 196 valence electrons. The normalized spacial score (nSPS) is 14.3. The van der Waals surface area contributed by atoms with Crippen LogP contribution in [0.5, 0.6) is 5.75 Å². The zero-order valence-electron chi connectivity index (χ0n) is 21.3. The smallest absolute Gasteiger partial charge is 0.256 e. The topological polar surface area (TPSA) is 145 Å². The highest BCUT2D eigenvalue weighted by Crippen LogP contribution is 2.43. The van der Waals surface area contributed by atoms with Crippen LogP contribution in [0, 0.1) is 12.3 Å². The number of hydrogen-bond donors (Lipinski definition) is 5. The van der Waals surface area contributed by atoms with Gasteiger partial charge >= 0.3 is 0 Å². The molecule has 0 saturated heterocycles. The van der Waals surface area contributed by atoms with E-state index in [2.05, 4.69) is 47.0 Å². The molecule has 4 rings (SSSR count). The zero-order chi connectivity index (χ0) is 26.3. The van der Waals surface area contributed by atoms with E-state index < -0.39 is 10.0 Å². The molecular weight excluding hydrogens is 502 g/mol. The molecule has 0 bridgehead atoms. The monoisotopic (exact) mass is 535 g/mol. The van der Waals surface area contributed by atoms with Crippen molar-refractivity contribution in [2.45, 2.75) is 51.8 Å². The summed E-state index contributed by atoms with van der Waals surface area (Å²) in [5.41, 5.74) is 0.995. The van der Waals surface area contributed by atoms with Gasteiger partial charge in [-0.2, -0.15) is 4.31 Å². The Morgan fingerprint density at radius 2 is 1.83 bits per heavy atom. The number of aryl methyl sites for hydroxylation is 1. The van der Waals surface area contributed by atoms with Gasteiger partial charge in [0.2, 0.25) is 0 Å². The minimum atomic E-state index is -3.82. The molecule has 0 saturated carbocycles. The van der Waals surface area contributed by atoms with E-state index in [0.717, 1.165) is 22.7 Å². The molecule has 1 atom stereocenters. The predicted molar refractivity (Wildman–Crippen MR) is 143 cm³/mol. The highest BCUT2D eigenvalue weighted by molar-refractivity contribution is 7.91. The first-order chi connectivity index (χ1) is 17.0. The van der Waals surface area contributed by atoms with E-state index in [9.17, 15) is 13.5 Å². The third-order valence-corrected chi connectivity index (χ3v) is 9.39. The first-order valence-electron chi connectivity index (χ1n) is 11.7. The van der Waals surface area contributed by atoms with Crippen LogP contribution in [0.3, 0.4) is 0 Å². The summed E-state index contributed by atoms with van der Waals surface area (Å²) in [6.07, 6.45) is 1.70. The number of nitrogens with zero attached hydrogens (tertiary/aromatic N) is 3. The zero-order valence-corrected chi connectivity index (χ0v) is 22.9. The summed E-state index contributed by atoms with van der Waals surface area (Å²) in [5, 5.41) is 25.2. The Morgan fingerprint density at radius 1 is 1.19 bits per heavy atom. The number of rotatable bonds is 9. The second-order valence-electron chi connectivity index (χ2n) is 9.62. The molecule has 4 heterocycles. The molecule has 5 N–H and O–H groups in total. The summed E-state index contributed by atoms with van der Waals surface area (Å²) in [5.74, 6) is 2.31. The minimum absolute atomic E-state index is 0.115. The van der Waals surface area contributed by atoms with Gasteiger partial charge in [-0.15, -0.1) is 11.3 Å². The highest BCUT2D eigenvalue weighted by atomic mass is 32.2. The van der Waals surface area contributed by atoms with Crippen LogP contribution in [0.1, 0.15) is 52.0 Å². The van der Waals surface area contributed by atoms with Gasteiger partial charge in [0.25, 0.3) is 10.0 Å². The van der Waals surface area contributed by atoms with Crippen LogP contribution in [0.2, 0.25) is 0 Å². The maximum absolute atomic E-state index is 13.0. The van der Waals surface area contributed by atoms with Gasteiger partial charge in [-0.1, -0.05) is 34.6 Å². The number of hydrogen-bond acceptors (Lipinski definition) is 11. The fraction of sp³-hybridized carbons (Fsp3) is 0.478. The van der Waals surface area contributed by atoms with Gasteiger partial charge < -0.3 is 30.8 Å². The number of furan rings is 1. The van der Waals surface area contributed by atoms with Crippen LogP contribution < -0.4 is 21.3 Å². The van der Waals surface area contributed by atoms with Crippen molar-refractivity contribution in [1.29, 1.82) is 0 Å². The summed E-state index contributed by atoms with van der Waals surface area (Å²) >= 11 is 0.957. The van der Waals surface area contributed by atoms with Crippen molar-refractivity contribution in [3.63, 3.8) is 0 Å². The molecule has 11 nitrogen and oxygen atoms in total. The Labute approximate surface area is 215 Å². The maximum Gasteiger partial charge on any atom is 0.256 e. The largest absolute Gasteiger partial charge is 0.504 e. The van der Waals surface area contributed by atoms with Gasteiger partial charge in [-0.25, -0.2) is 18.4 Å². The fourth-order valence-corrected chi connectivity index (χ4v) is 6.78. The van der Waals surface area contributed by atoms with E-state index in [1.54, 1.807) is 25.5 Å². The number of sulfonamides is 1. The molecule has 0 aliphatic carbocycles. The quantitative estimate of drug-likeness (QED) is 0.256. The molecule has 1 aliphatic rings. The second kappa shape index (κ2) is 9.79. The molecule has 0 fully saturated rings. The van der Waals surface area contributed by atoms with E-state index in [4.69, 9.17) is 9.40 Å². The van der Waals surface area contributed by atoms with E-state index >= 15 is 0 Å². The standard InChI is InChI=1S/C23H33N7O4S2/c1-7-30(8-2)36(32,33)22-16(31)14(11-35-22)26-20-21(29-19-18(28-20)24-12-25-19)27-17(23(4,5)6)15-9-13(3)10-34-15/h9-11,17,31H,7-8,12H2,1-6H3,(H2,24,26,28)(H2,25,27,29)/t17-/m0/s1. The Bertz CT molecular complexity index is 1340. The van der Waals surface area contributed by atoms with Crippen molar-refractivity contribution in [1.82, 2.24) is 14.3 Å². The Balaban J connectivity index is 1.73. The van der Waals surface area contributed by atoms with Crippen LogP contribution in [0.4, 0.5) is 29.0 Å². The van der Waals surface area contributed by atoms with Crippen LogP contribution >= 0.6 is 11.3 Å². The van der Waals surface area contributed by atoms with Crippen LogP contribution in [0.25, 0.3) is 0 Å². The maximum atomic E-state index is 13.0. The van der Waals surface area contributed by atoms with E-state index in [1.165, 1.54) is 4.31 Å². The van der Waals surface area contributed by atoms with Gasteiger partial charge in [0, 0.05) is 18.5 Å². The first kappa shape index (κ1) is 26.0. The SMILES string of the molecule is CCN(CC)S(=O)(=O)c1scc(Nc2nc3c(nc2N[C@@H](c2cc(C)co2)C(C)(C)C)NCN3)c1O. The lowest BCUT2D eigenvalue weighted by Crippen LogP contribution is -2.30. The van der Waals surface area contributed by atoms with Crippen molar-refractivity contribution in [3.05, 3.63) is 29.0 Å². The second-order valence-corrected chi connectivity index (χ2v) is 12.6. The summed E-state index contributed by atoms with van der Waals surface area (Å²) < 4.78 is 33.0. The number of nitrogens with one attached hydrogen (secondary N) is 4. The third kappa shape index (κ3) is 4.95. The minimum Gasteiger partial charge on any atom is -0.504 e. The van der Waals surface area contributed by atoms with Gasteiger partial charge in [0.1, 0.15) is 5.76 Å². The summed E-state index contributed by atoms with van der Waals surface area (Å²) in [4.78, 5) is 9.37. The van der Waals surface area contributed by atoms with Crippen molar-refractivity contribution >= 4 is 50.3 Å². The fourth-order valence-electron chi connectivity index (χ4n) is 3.95. The first-order valence-corrected chi connectivity index (χ1v) is 14.1. The highest BCUT2D eigenvalue weighted by Gasteiger charge is 2.32. The average Bonchev–Trinajstić information content (AvgIpc) is 3.52. The van der Waals surface area contributed by atoms with E-state index in [1.807, 2.05) is 13.0 Å². The van der Waals surface area contributed by atoms with Crippen LogP contribution in [0.15, 0.2) is 26.3 Å². The molecule has 3 aromatic heterocycles. The number of thiophene rings is 1. The van der Waals surface area contributed by atoms with Gasteiger partial charge in [-0.05, 0) is 24.0 Å². The molecule has 36 heavy (non-hydrogen) atoms. The van der Waals surface area contributed by atoms with Crippen LogP contribution in [-0.2, 0) is 10.0 Å². The summed E-state index contributed by atoms with van der Waals surface area (Å²) in [6, 6.07) is 1.73. The lowest BCUT2D eigenvalue weighted by molar-refractivity contribution is 0.303. The number of aromatic nitrogens is 2. The van der Waals surface area contributed by atoms with E-state index in [-0.39, 0.29) is 27.1 Å². The third-order valence-electron chi connectivity index (χ3n) is 5.85. The molecule has 0 spiro atoms. The Morgan fingerprint density at radius 3 is 2.39 bits per heavy atom. The van der Waals surface area contributed by atoms with Crippen molar-refractivity contribution in [2.75, 3.05) is 41.0 Å². The van der Waals surface area contributed by atoms with Gasteiger partial charge in [-0.3, -0.25) is 0 Å². The average molecular weight is 536 g/mol. The van der Waals surface area contributed by atoms with Gasteiger partial charge in [0.15, 0.2) is 33.2 Å². The molecule has 3 aromatic rings. The van der Waals surface area contributed by atoms with Crippen molar-refractivity contribution < 1.29 is 17.9 Å². The summed E-state index contributed by atoms with van der Waals surface area (Å²) in [6.45, 7) is 12.8. The molecule has 0 unspecified atom stereocenters. The number of aromatic hydroxyl groups is 1. The molecule has 13 heteroatoms. The lowest BCUT2D eigenvalue weighted by Gasteiger charge is -2.31. The molecule has 0 radical (unpaired) electrons. The van der Waals surface area contributed by atoms with E-state index in [0.29, 0.717) is 43.0 Å². The number of anilines is 5. The molecule has 1 aliphatic heterocycles. The molecule has 0 aromatic carbocycles. The van der Waals surface area contributed by atoms with Crippen molar-refractivity contribution in [2.24, 2.45) is 5.41 Å². The Hall–Kier alpha value is -3.03. The summed E-state index contributed by atoms with van der Waals surface area (Å²) in [7, 11) is -3.82. The predicted octanol–water partition coefficient (Wildman–Crippen LogP) is 4.91. The van der Waals surface area contributed by atoms with Crippen LogP contribution in [-0.4, -0.2) is 47.6 Å². The molecule has 0 amide bonds. The number of fused-ring (bicyclic) bond motifs is 1.